The standard InChI is InChI=1S/C16H23BrN2O/c1-12-4-5-14(15(17)10-12)16(20)19-8-6-13(7-9-19)11-18(2)3/h4-5,10,13H,6-9,11H2,1-3H3. The summed E-state index contributed by atoms with van der Waals surface area (Å²) in [6.45, 7) is 4.90. The van der Waals surface area contributed by atoms with Gasteiger partial charge in [-0.1, -0.05) is 6.07 Å². The molecule has 1 aliphatic heterocycles. The number of carbonyl (C=O) groups is 1. The monoisotopic (exact) mass is 338 g/mol. The second-order valence-corrected chi connectivity index (χ2v) is 6.84. The van der Waals surface area contributed by atoms with Gasteiger partial charge in [-0.2, -0.15) is 0 Å². The lowest BCUT2D eigenvalue weighted by molar-refractivity contribution is 0.0677. The Morgan fingerprint density at radius 3 is 2.55 bits per heavy atom. The van der Waals surface area contributed by atoms with Crippen LogP contribution in [0.2, 0.25) is 0 Å². The van der Waals surface area contributed by atoms with Crippen molar-refractivity contribution in [2.75, 3.05) is 33.7 Å². The van der Waals surface area contributed by atoms with Gasteiger partial charge >= 0.3 is 0 Å². The third kappa shape index (κ3) is 3.83. The van der Waals surface area contributed by atoms with Crippen molar-refractivity contribution in [2.24, 2.45) is 5.92 Å². The molecule has 1 amide bonds. The van der Waals surface area contributed by atoms with E-state index >= 15 is 0 Å². The van der Waals surface area contributed by atoms with E-state index in [1.54, 1.807) is 0 Å². The number of aryl methyl sites for hydroxylation is 1. The molecule has 4 heteroatoms. The van der Waals surface area contributed by atoms with Crippen LogP contribution in [0.3, 0.4) is 0 Å². The number of hydrogen-bond acceptors (Lipinski definition) is 2. The highest BCUT2D eigenvalue weighted by Crippen LogP contribution is 2.23. The molecule has 2 rings (SSSR count). The number of hydrogen-bond donors (Lipinski definition) is 0. The van der Waals surface area contributed by atoms with Gasteiger partial charge in [-0.3, -0.25) is 4.79 Å². The van der Waals surface area contributed by atoms with Crippen LogP contribution in [0.15, 0.2) is 22.7 Å². The Kier molecular flexibility index (Phi) is 5.22. The third-order valence-electron chi connectivity index (χ3n) is 3.88. The molecule has 1 aromatic carbocycles. The summed E-state index contributed by atoms with van der Waals surface area (Å²) in [7, 11) is 4.22. The second kappa shape index (κ2) is 6.72. The molecule has 0 N–H and O–H groups in total. The van der Waals surface area contributed by atoms with E-state index in [2.05, 4.69) is 34.9 Å². The van der Waals surface area contributed by atoms with Gasteiger partial charge in [0.2, 0.25) is 0 Å². The fourth-order valence-electron chi connectivity index (χ4n) is 2.80. The van der Waals surface area contributed by atoms with E-state index in [-0.39, 0.29) is 5.91 Å². The average molecular weight is 339 g/mol. The van der Waals surface area contributed by atoms with Crippen LogP contribution in [0.4, 0.5) is 0 Å². The Morgan fingerprint density at radius 2 is 2.00 bits per heavy atom. The second-order valence-electron chi connectivity index (χ2n) is 5.98. The molecule has 0 unspecified atom stereocenters. The van der Waals surface area contributed by atoms with Crippen molar-refractivity contribution in [3.05, 3.63) is 33.8 Å². The molecule has 0 aliphatic carbocycles. The van der Waals surface area contributed by atoms with E-state index in [1.165, 1.54) is 0 Å². The maximum absolute atomic E-state index is 12.5. The number of carbonyl (C=O) groups excluding carboxylic acids is 1. The predicted molar refractivity (Wildman–Crippen MR) is 86.1 cm³/mol. The lowest BCUT2D eigenvalue weighted by Crippen LogP contribution is -2.40. The number of nitrogens with zero attached hydrogens (tertiary/aromatic N) is 2. The topological polar surface area (TPSA) is 23.6 Å². The molecule has 3 nitrogen and oxygen atoms in total. The highest BCUT2D eigenvalue weighted by atomic mass is 79.9. The Bertz CT molecular complexity index is 479. The highest BCUT2D eigenvalue weighted by Gasteiger charge is 2.24. The van der Waals surface area contributed by atoms with Crippen molar-refractivity contribution in [3.63, 3.8) is 0 Å². The summed E-state index contributed by atoms with van der Waals surface area (Å²) < 4.78 is 0.901. The lowest BCUT2D eigenvalue weighted by Gasteiger charge is -2.33. The number of piperidine rings is 1. The maximum Gasteiger partial charge on any atom is 0.254 e. The van der Waals surface area contributed by atoms with Gasteiger partial charge in [-0.25, -0.2) is 0 Å². The van der Waals surface area contributed by atoms with Crippen LogP contribution in [0.1, 0.15) is 28.8 Å². The third-order valence-corrected chi connectivity index (χ3v) is 4.54. The molecule has 1 heterocycles. The smallest absolute Gasteiger partial charge is 0.254 e. The largest absolute Gasteiger partial charge is 0.339 e. The van der Waals surface area contributed by atoms with Crippen LogP contribution < -0.4 is 0 Å². The summed E-state index contributed by atoms with van der Waals surface area (Å²) in [6, 6.07) is 5.93. The quantitative estimate of drug-likeness (QED) is 0.845. The minimum atomic E-state index is 0.153. The van der Waals surface area contributed by atoms with E-state index in [4.69, 9.17) is 0 Å². The van der Waals surface area contributed by atoms with E-state index in [0.717, 1.165) is 54.0 Å². The van der Waals surface area contributed by atoms with E-state index in [9.17, 15) is 4.79 Å². The van der Waals surface area contributed by atoms with Crippen LogP contribution in [-0.2, 0) is 0 Å². The van der Waals surface area contributed by atoms with E-state index in [1.807, 2.05) is 30.0 Å². The zero-order chi connectivity index (χ0) is 14.7. The van der Waals surface area contributed by atoms with Crippen LogP contribution in [-0.4, -0.2) is 49.4 Å². The van der Waals surface area contributed by atoms with Gasteiger partial charge in [0.15, 0.2) is 0 Å². The average Bonchev–Trinajstić information content (AvgIpc) is 2.38. The summed E-state index contributed by atoms with van der Waals surface area (Å²) in [5.41, 5.74) is 1.94. The first-order chi connectivity index (χ1) is 9.47. The number of likely N-dealkylation sites (tertiary alicyclic amines) is 1. The Morgan fingerprint density at radius 1 is 1.35 bits per heavy atom. The summed E-state index contributed by atoms with van der Waals surface area (Å²) in [4.78, 5) is 16.8. The Hall–Kier alpha value is -0.870. The zero-order valence-corrected chi connectivity index (χ0v) is 14.1. The predicted octanol–water partition coefficient (Wildman–Crippen LogP) is 3.17. The van der Waals surface area contributed by atoms with Crippen molar-refractivity contribution in [3.8, 4) is 0 Å². The number of halogens is 1. The molecule has 0 atom stereocenters. The minimum Gasteiger partial charge on any atom is -0.339 e. The first kappa shape index (κ1) is 15.5. The first-order valence-electron chi connectivity index (χ1n) is 7.17. The van der Waals surface area contributed by atoms with Gasteiger partial charge in [0.1, 0.15) is 0 Å². The number of amides is 1. The summed E-state index contributed by atoms with van der Waals surface area (Å²) >= 11 is 3.50. The van der Waals surface area contributed by atoms with Crippen molar-refractivity contribution in [1.82, 2.24) is 9.80 Å². The molecule has 110 valence electrons. The van der Waals surface area contributed by atoms with Gasteiger partial charge in [-0.15, -0.1) is 0 Å². The van der Waals surface area contributed by atoms with Crippen LogP contribution >= 0.6 is 15.9 Å². The molecular formula is C16H23BrN2O. The molecule has 1 fully saturated rings. The molecular weight excluding hydrogens is 316 g/mol. The summed E-state index contributed by atoms with van der Waals surface area (Å²) in [5, 5.41) is 0. The molecule has 0 bridgehead atoms. The summed E-state index contributed by atoms with van der Waals surface area (Å²) in [6.07, 6.45) is 2.21. The minimum absolute atomic E-state index is 0.153. The maximum atomic E-state index is 12.5. The molecule has 0 spiro atoms. The molecule has 0 saturated carbocycles. The van der Waals surface area contributed by atoms with Gasteiger partial charge in [-0.05, 0) is 73.4 Å². The molecule has 1 saturated heterocycles. The molecule has 20 heavy (non-hydrogen) atoms. The van der Waals surface area contributed by atoms with Gasteiger partial charge < -0.3 is 9.80 Å². The molecule has 0 aromatic heterocycles. The van der Waals surface area contributed by atoms with Gasteiger partial charge in [0.05, 0.1) is 5.56 Å². The van der Waals surface area contributed by atoms with E-state index < -0.39 is 0 Å². The van der Waals surface area contributed by atoms with Crippen LogP contribution in [0, 0.1) is 12.8 Å². The van der Waals surface area contributed by atoms with Crippen molar-refractivity contribution in [2.45, 2.75) is 19.8 Å². The Balaban J connectivity index is 1.98. The molecule has 1 aliphatic rings. The van der Waals surface area contributed by atoms with Crippen molar-refractivity contribution in [1.29, 1.82) is 0 Å². The van der Waals surface area contributed by atoms with E-state index in [0.29, 0.717) is 0 Å². The SMILES string of the molecule is Cc1ccc(C(=O)N2CCC(CN(C)C)CC2)c(Br)c1. The normalized spacial score (nSPS) is 16.8. The number of rotatable bonds is 3. The van der Waals surface area contributed by atoms with Gasteiger partial charge in [0, 0.05) is 24.1 Å². The Labute approximate surface area is 130 Å². The van der Waals surface area contributed by atoms with Crippen LogP contribution in [0.25, 0.3) is 0 Å². The fourth-order valence-corrected chi connectivity index (χ4v) is 3.46. The number of benzene rings is 1. The van der Waals surface area contributed by atoms with Crippen LogP contribution in [0.5, 0.6) is 0 Å². The molecule has 1 aromatic rings. The van der Waals surface area contributed by atoms with Crippen molar-refractivity contribution < 1.29 is 4.79 Å². The lowest BCUT2D eigenvalue weighted by atomic mass is 9.96. The van der Waals surface area contributed by atoms with Gasteiger partial charge in [0.25, 0.3) is 5.91 Å². The zero-order valence-electron chi connectivity index (χ0n) is 12.5. The first-order valence-corrected chi connectivity index (χ1v) is 7.97. The van der Waals surface area contributed by atoms with Crippen molar-refractivity contribution >= 4 is 21.8 Å². The highest BCUT2D eigenvalue weighted by molar-refractivity contribution is 9.10. The fraction of sp³-hybridized carbons (Fsp3) is 0.562. The molecule has 0 radical (unpaired) electrons. The summed E-state index contributed by atoms with van der Waals surface area (Å²) in [5.74, 6) is 0.871.